The van der Waals surface area contributed by atoms with E-state index in [0.717, 1.165) is 12.8 Å². The molecule has 0 aromatic carbocycles. The average molecular weight is 334 g/mol. The molecule has 1 aliphatic rings. The maximum Gasteiger partial charge on any atom is 0.237 e. The van der Waals surface area contributed by atoms with E-state index in [1.54, 1.807) is 25.3 Å². The van der Waals surface area contributed by atoms with Crippen LogP contribution in [0.2, 0.25) is 0 Å². The zero-order valence-corrected chi connectivity index (χ0v) is 12.5. The fourth-order valence-electron chi connectivity index (χ4n) is 1.43. The number of nitrogens with zero attached hydrogens (tertiary/aromatic N) is 1. The van der Waals surface area contributed by atoms with E-state index >= 15 is 0 Å². The lowest BCUT2D eigenvalue weighted by atomic mass is 10.4. The molecule has 18 heavy (non-hydrogen) atoms. The van der Waals surface area contributed by atoms with Crippen LogP contribution in [0.5, 0.6) is 0 Å². The first-order chi connectivity index (χ1) is 8.49. The lowest BCUT2D eigenvalue weighted by Gasteiger charge is -2.15. The first-order valence-corrected chi connectivity index (χ1v) is 8.18. The van der Waals surface area contributed by atoms with Gasteiger partial charge < -0.3 is 5.32 Å². The summed E-state index contributed by atoms with van der Waals surface area (Å²) in [4.78, 5) is 4.00. The Balaban J connectivity index is 1.99. The number of pyridine rings is 1. The number of nitrogens with one attached hydrogen (secondary N) is 2. The van der Waals surface area contributed by atoms with Gasteiger partial charge in [0.25, 0.3) is 0 Å². The van der Waals surface area contributed by atoms with Crippen molar-refractivity contribution in [3.8, 4) is 0 Å². The van der Waals surface area contributed by atoms with Crippen LogP contribution < -0.4 is 10.0 Å². The van der Waals surface area contributed by atoms with E-state index in [1.807, 2.05) is 0 Å². The molecule has 7 heteroatoms. The lowest BCUT2D eigenvalue weighted by Crippen LogP contribution is -2.35. The number of hydrogen-bond donors (Lipinski definition) is 2. The maximum absolute atomic E-state index is 12.1. The minimum atomic E-state index is -3.41. The van der Waals surface area contributed by atoms with E-state index in [9.17, 15) is 8.42 Å². The van der Waals surface area contributed by atoms with Crippen LogP contribution in [-0.4, -0.2) is 31.2 Å². The van der Waals surface area contributed by atoms with Crippen LogP contribution in [0, 0.1) is 0 Å². The van der Waals surface area contributed by atoms with Crippen molar-refractivity contribution in [2.45, 2.75) is 31.1 Å². The topological polar surface area (TPSA) is 71.1 Å². The van der Waals surface area contributed by atoms with Crippen LogP contribution in [0.15, 0.2) is 22.8 Å². The molecular weight excluding hydrogens is 318 g/mol. The number of aromatic nitrogens is 1. The normalized spacial score (nSPS) is 17.4. The van der Waals surface area contributed by atoms with Crippen molar-refractivity contribution in [2.75, 3.05) is 11.3 Å². The van der Waals surface area contributed by atoms with Gasteiger partial charge in [-0.15, -0.1) is 0 Å². The number of anilines is 1. The molecule has 0 amide bonds. The largest absolute Gasteiger partial charge is 0.313 e. The van der Waals surface area contributed by atoms with Gasteiger partial charge in [-0.1, -0.05) is 0 Å². The molecule has 2 rings (SSSR count). The fraction of sp³-hybridized carbons (Fsp3) is 0.545. The van der Waals surface area contributed by atoms with Crippen molar-refractivity contribution in [1.82, 2.24) is 10.3 Å². The molecule has 2 N–H and O–H groups in total. The predicted molar refractivity (Wildman–Crippen MR) is 75.0 cm³/mol. The first kappa shape index (κ1) is 13.8. The number of rotatable bonds is 6. The van der Waals surface area contributed by atoms with Gasteiger partial charge in [0.2, 0.25) is 10.0 Å². The predicted octanol–water partition coefficient (Wildman–Crippen LogP) is 1.73. The van der Waals surface area contributed by atoms with E-state index in [1.165, 1.54) is 0 Å². The molecule has 0 saturated heterocycles. The molecule has 1 aromatic rings. The summed E-state index contributed by atoms with van der Waals surface area (Å²) in [5, 5.41) is 2.72. The summed E-state index contributed by atoms with van der Waals surface area (Å²) in [6, 6.07) is 3.99. The Kier molecular flexibility index (Phi) is 4.24. The van der Waals surface area contributed by atoms with Gasteiger partial charge in [0.1, 0.15) is 0 Å². The monoisotopic (exact) mass is 333 g/mol. The van der Waals surface area contributed by atoms with Gasteiger partial charge in [-0.05, 0) is 47.8 Å². The Morgan fingerprint density at radius 1 is 1.56 bits per heavy atom. The van der Waals surface area contributed by atoms with Crippen LogP contribution in [0.25, 0.3) is 0 Å². The molecule has 1 aliphatic carbocycles. The lowest BCUT2D eigenvalue weighted by molar-refractivity contribution is 0.576. The second-order valence-electron chi connectivity index (χ2n) is 4.47. The van der Waals surface area contributed by atoms with Gasteiger partial charge in [-0.2, -0.15) is 0 Å². The van der Waals surface area contributed by atoms with Crippen molar-refractivity contribution in [1.29, 1.82) is 0 Å². The molecule has 1 aromatic heterocycles. The van der Waals surface area contributed by atoms with Gasteiger partial charge in [0, 0.05) is 18.8 Å². The SMILES string of the molecule is CC(CNC1CC1)S(=O)(=O)Nc1ncccc1Br. The molecule has 0 bridgehead atoms. The molecule has 1 fully saturated rings. The molecule has 5 nitrogen and oxygen atoms in total. The van der Waals surface area contributed by atoms with E-state index in [-0.39, 0.29) is 0 Å². The second-order valence-corrected chi connectivity index (χ2v) is 7.43. The van der Waals surface area contributed by atoms with Crippen molar-refractivity contribution in [3.63, 3.8) is 0 Å². The molecule has 1 heterocycles. The van der Waals surface area contributed by atoms with Gasteiger partial charge >= 0.3 is 0 Å². The Labute approximate surface area is 116 Å². The standard InChI is InChI=1S/C11H16BrN3O2S/c1-8(7-14-9-4-5-9)18(16,17)15-11-10(12)3-2-6-13-11/h2-3,6,8-9,14H,4-5,7H2,1H3,(H,13,15). The zero-order chi connectivity index (χ0) is 13.2. The van der Waals surface area contributed by atoms with E-state index in [4.69, 9.17) is 0 Å². The summed E-state index contributed by atoms with van der Waals surface area (Å²) < 4.78 is 27.3. The second kappa shape index (κ2) is 5.54. The number of halogens is 1. The van der Waals surface area contributed by atoms with E-state index in [2.05, 4.69) is 31.0 Å². The highest BCUT2D eigenvalue weighted by molar-refractivity contribution is 9.10. The molecule has 1 saturated carbocycles. The minimum absolute atomic E-state index is 0.329. The molecule has 1 unspecified atom stereocenters. The fourth-order valence-corrected chi connectivity index (χ4v) is 2.86. The smallest absolute Gasteiger partial charge is 0.237 e. The van der Waals surface area contributed by atoms with E-state index < -0.39 is 15.3 Å². The van der Waals surface area contributed by atoms with Gasteiger partial charge in [0.15, 0.2) is 5.82 Å². The summed E-state index contributed by atoms with van der Waals surface area (Å²) in [6.07, 6.45) is 3.84. The van der Waals surface area contributed by atoms with E-state index in [0.29, 0.717) is 22.9 Å². The van der Waals surface area contributed by atoms with Crippen molar-refractivity contribution in [2.24, 2.45) is 0 Å². The quantitative estimate of drug-likeness (QED) is 0.831. The number of sulfonamides is 1. The summed E-state index contributed by atoms with van der Waals surface area (Å²) in [7, 11) is -3.41. The van der Waals surface area contributed by atoms with Gasteiger partial charge in [-0.3, -0.25) is 4.72 Å². The van der Waals surface area contributed by atoms with Gasteiger partial charge in [-0.25, -0.2) is 13.4 Å². The third-order valence-corrected chi connectivity index (χ3v) is 5.14. The third-order valence-electron chi connectivity index (χ3n) is 2.80. The summed E-state index contributed by atoms with van der Waals surface area (Å²) in [5.41, 5.74) is 0. The molecular formula is C11H16BrN3O2S. The van der Waals surface area contributed by atoms with Gasteiger partial charge in [0.05, 0.1) is 9.72 Å². The minimum Gasteiger partial charge on any atom is -0.313 e. The van der Waals surface area contributed by atoms with Crippen LogP contribution in [0.3, 0.4) is 0 Å². The average Bonchev–Trinajstić information content (AvgIpc) is 3.12. The highest BCUT2D eigenvalue weighted by Crippen LogP contribution is 2.21. The summed E-state index contributed by atoms with van der Waals surface area (Å²) in [5.74, 6) is 0.329. The van der Waals surface area contributed by atoms with Crippen molar-refractivity contribution in [3.05, 3.63) is 22.8 Å². The van der Waals surface area contributed by atoms with Crippen LogP contribution in [-0.2, 0) is 10.0 Å². The van der Waals surface area contributed by atoms with Crippen molar-refractivity contribution < 1.29 is 8.42 Å². The Bertz CT molecular complexity index is 517. The maximum atomic E-state index is 12.1. The Morgan fingerprint density at radius 2 is 2.28 bits per heavy atom. The highest BCUT2D eigenvalue weighted by Gasteiger charge is 2.26. The number of hydrogen-bond acceptors (Lipinski definition) is 4. The van der Waals surface area contributed by atoms with Crippen LogP contribution in [0.1, 0.15) is 19.8 Å². The molecule has 100 valence electrons. The molecule has 1 atom stereocenters. The third kappa shape index (κ3) is 3.66. The highest BCUT2D eigenvalue weighted by atomic mass is 79.9. The van der Waals surface area contributed by atoms with Crippen LogP contribution >= 0.6 is 15.9 Å². The summed E-state index contributed by atoms with van der Waals surface area (Å²) in [6.45, 7) is 2.15. The van der Waals surface area contributed by atoms with Crippen molar-refractivity contribution >= 4 is 31.8 Å². The molecule has 0 radical (unpaired) electrons. The Hall–Kier alpha value is -0.660. The first-order valence-electron chi connectivity index (χ1n) is 5.84. The Morgan fingerprint density at radius 3 is 2.89 bits per heavy atom. The zero-order valence-electron chi connectivity index (χ0n) is 10.1. The summed E-state index contributed by atoms with van der Waals surface area (Å²) >= 11 is 3.27. The molecule has 0 spiro atoms. The van der Waals surface area contributed by atoms with Crippen LogP contribution in [0.4, 0.5) is 5.82 Å². The molecule has 0 aliphatic heterocycles.